The first-order valence-electron chi connectivity index (χ1n) is 5.84. The van der Waals surface area contributed by atoms with Crippen molar-refractivity contribution in [2.45, 2.75) is 11.4 Å². The molecule has 0 atom stereocenters. The highest BCUT2D eigenvalue weighted by molar-refractivity contribution is 7.89. The maximum Gasteiger partial charge on any atom is 0.240 e. The Labute approximate surface area is 122 Å². The zero-order chi connectivity index (χ0) is 14.4. The predicted octanol–water partition coefficient (Wildman–Crippen LogP) is 1.57. The molecule has 1 aromatic heterocycles. The number of sulfonamides is 1. The molecule has 0 aliphatic rings. The van der Waals surface area contributed by atoms with Crippen molar-refractivity contribution in [1.82, 2.24) is 4.72 Å². The molecule has 0 saturated carbocycles. The van der Waals surface area contributed by atoms with E-state index < -0.39 is 10.0 Å². The Morgan fingerprint density at radius 1 is 1.20 bits per heavy atom. The first-order chi connectivity index (χ1) is 9.62. The summed E-state index contributed by atoms with van der Waals surface area (Å²) in [5.41, 5.74) is 0.663. The molecular weight excluding hydrogens is 294 g/mol. The van der Waals surface area contributed by atoms with Gasteiger partial charge in [-0.05, 0) is 35.7 Å². The van der Waals surface area contributed by atoms with Crippen LogP contribution in [0.2, 0.25) is 0 Å². The summed E-state index contributed by atoms with van der Waals surface area (Å²) in [7, 11) is -3.51. The van der Waals surface area contributed by atoms with E-state index in [1.165, 1.54) is 23.5 Å². The van der Waals surface area contributed by atoms with Crippen LogP contribution in [-0.2, 0) is 16.6 Å². The molecule has 1 heterocycles. The maximum atomic E-state index is 12.1. The predicted molar refractivity (Wildman–Crippen MR) is 78.8 cm³/mol. The van der Waals surface area contributed by atoms with Crippen molar-refractivity contribution in [2.24, 2.45) is 0 Å². The third-order valence-corrected chi connectivity index (χ3v) is 4.79. The van der Waals surface area contributed by atoms with Crippen molar-refractivity contribution in [3.05, 3.63) is 52.2 Å². The van der Waals surface area contributed by atoms with Gasteiger partial charge in [0, 0.05) is 17.0 Å². The van der Waals surface area contributed by atoms with Gasteiger partial charge in [0.2, 0.25) is 10.0 Å². The zero-order valence-corrected chi connectivity index (χ0v) is 12.2. The third-order valence-electron chi connectivity index (χ3n) is 2.49. The molecule has 0 amide bonds. The van der Waals surface area contributed by atoms with Gasteiger partial charge >= 0.3 is 0 Å². The lowest BCUT2D eigenvalue weighted by Gasteiger charge is -2.05. The van der Waals surface area contributed by atoms with Crippen molar-refractivity contribution in [2.75, 3.05) is 6.61 Å². The Hall–Kier alpha value is -1.65. The molecule has 2 aromatic rings. The van der Waals surface area contributed by atoms with Crippen LogP contribution < -0.4 is 4.72 Å². The van der Waals surface area contributed by atoms with E-state index in [4.69, 9.17) is 5.11 Å². The second kappa shape index (κ2) is 6.68. The summed E-state index contributed by atoms with van der Waals surface area (Å²) in [6.07, 6.45) is 0. The lowest BCUT2D eigenvalue weighted by molar-refractivity contribution is 0.350. The van der Waals surface area contributed by atoms with Gasteiger partial charge in [0.05, 0.1) is 4.90 Å². The van der Waals surface area contributed by atoms with Crippen LogP contribution in [0.1, 0.15) is 10.4 Å². The Bertz CT molecular complexity index is 708. The van der Waals surface area contributed by atoms with Crippen molar-refractivity contribution in [3.8, 4) is 11.8 Å². The van der Waals surface area contributed by atoms with Crippen LogP contribution in [-0.4, -0.2) is 20.1 Å². The van der Waals surface area contributed by atoms with E-state index in [9.17, 15) is 8.42 Å². The Kier molecular flexibility index (Phi) is 4.93. The molecule has 4 nitrogen and oxygen atoms in total. The van der Waals surface area contributed by atoms with E-state index in [1.54, 1.807) is 12.1 Å². The normalized spacial score (nSPS) is 10.8. The van der Waals surface area contributed by atoms with Crippen LogP contribution in [0, 0.1) is 11.8 Å². The van der Waals surface area contributed by atoms with Gasteiger partial charge in [-0.1, -0.05) is 17.9 Å². The van der Waals surface area contributed by atoms with Crippen molar-refractivity contribution in [3.63, 3.8) is 0 Å². The largest absolute Gasteiger partial charge is 0.384 e. The van der Waals surface area contributed by atoms with Crippen LogP contribution >= 0.6 is 11.3 Å². The molecule has 2 N–H and O–H groups in total. The number of aliphatic hydroxyl groups excluding tert-OH is 1. The summed E-state index contributed by atoms with van der Waals surface area (Å²) in [4.78, 5) is 1.16. The van der Waals surface area contributed by atoms with Crippen LogP contribution in [0.25, 0.3) is 0 Å². The van der Waals surface area contributed by atoms with Gasteiger partial charge in [-0.3, -0.25) is 0 Å². The Balaban J connectivity index is 2.09. The smallest absolute Gasteiger partial charge is 0.240 e. The fourth-order valence-electron chi connectivity index (χ4n) is 1.52. The first kappa shape index (κ1) is 14.8. The minimum Gasteiger partial charge on any atom is -0.384 e. The number of nitrogens with one attached hydrogen (secondary N) is 1. The molecule has 1 aromatic carbocycles. The van der Waals surface area contributed by atoms with Crippen LogP contribution in [0.15, 0.2) is 46.7 Å². The molecule has 0 spiro atoms. The molecule has 0 radical (unpaired) electrons. The average Bonchev–Trinajstić information content (AvgIpc) is 2.97. The second-order valence-corrected chi connectivity index (χ2v) is 6.69. The molecule has 0 saturated heterocycles. The molecule has 104 valence electrons. The molecule has 2 rings (SSSR count). The summed E-state index contributed by atoms with van der Waals surface area (Å²) in [6.45, 7) is 0.0640. The van der Waals surface area contributed by atoms with Gasteiger partial charge < -0.3 is 5.11 Å². The van der Waals surface area contributed by atoms with Crippen LogP contribution in [0.4, 0.5) is 0 Å². The summed E-state index contributed by atoms with van der Waals surface area (Å²) in [6, 6.07) is 9.98. The number of hydrogen-bond acceptors (Lipinski definition) is 4. The molecule has 0 bridgehead atoms. The minimum absolute atomic E-state index is 0.198. The van der Waals surface area contributed by atoms with Gasteiger partial charge in [0.25, 0.3) is 0 Å². The van der Waals surface area contributed by atoms with Gasteiger partial charge in [-0.15, -0.1) is 11.3 Å². The number of rotatable bonds is 4. The summed E-state index contributed by atoms with van der Waals surface area (Å²) < 4.78 is 26.7. The average molecular weight is 307 g/mol. The maximum absolute atomic E-state index is 12.1. The number of benzene rings is 1. The molecule has 0 aliphatic heterocycles. The standard InChI is InChI=1S/C14H13NO3S2/c16-9-1-3-12-5-7-14(8-6-12)20(17,18)15-11-13-4-2-10-19-13/h2,4-8,10,15-16H,9,11H2. The van der Waals surface area contributed by atoms with Gasteiger partial charge in [-0.2, -0.15) is 0 Å². The third kappa shape index (κ3) is 3.92. The number of aliphatic hydroxyl groups is 1. The number of hydrogen-bond donors (Lipinski definition) is 2. The van der Waals surface area contributed by atoms with Crippen LogP contribution in [0.3, 0.4) is 0 Å². The topological polar surface area (TPSA) is 66.4 Å². The highest BCUT2D eigenvalue weighted by Crippen LogP contribution is 2.13. The fraction of sp³-hybridized carbons (Fsp3) is 0.143. The van der Waals surface area contributed by atoms with Crippen molar-refractivity contribution < 1.29 is 13.5 Å². The summed E-state index contributed by atoms with van der Waals surface area (Å²) in [5, 5.41) is 10.5. The highest BCUT2D eigenvalue weighted by atomic mass is 32.2. The quantitative estimate of drug-likeness (QED) is 0.843. The second-order valence-electron chi connectivity index (χ2n) is 3.89. The van der Waals surface area contributed by atoms with Gasteiger partial charge in [-0.25, -0.2) is 13.1 Å². The van der Waals surface area contributed by atoms with Crippen molar-refractivity contribution >= 4 is 21.4 Å². The van der Waals surface area contributed by atoms with E-state index in [1.807, 2.05) is 17.5 Å². The first-order valence-corrected chi connectivity index (χ1v) is 8.20. The highest BCUT2D eigenvalue weighted by Gasteiger charge is 2.13. The molecule has 0 aliphatic carbocycles. The minimum atomic E-state index is -3.51. The summed E-state index contributed by atoms with van der Waals surface area (Å²) in [5.74, 6) is 5.22. The van der Waals surface area contributed by atoms with E-state index in [0.717, 1.165) is 4.88 Å². The van der Waals surface area contributed by atoms with E-state index >= 15 is 0 Å². The van der Waals surface area contributed by atoms with E-state index in [0.29, 0.717) is 5.56 Å². The monoisotopic (exact) mass is 307 g/mol. The molecule has 6 heteroatoms. The lowest BCUT2D eigenvalue weighted by atomic mass is 10.2. The van der Waals surface area contributed by atoms with Crippen molar-refractivity contribution in [1.29, 1.82) is 0 Å². The molecule has 0 unspecified atom stereocenters. The Morgan fingerprint density at radius 3 is 2.55 bits per heavy atom. The molecule has 0 fully saturated rings. The molecular formula is C14H13NO3S2. The fourth-order valence-corrected chi connectivity index (χ4v) is 3.26. The van der Waals surface area contributed by atoms with E-state index in [-0.39, 0.29) is 18.0 Å². The van der Waals surface area contributed by atoms with Gasteiger partial charge in [0.15, 0.2) is 0 Å². The molecule has 20 heavy (non-hydrogen) atoms. The lowest BCUT2D eigenvalue weighted by Crippen LogP contribution is -2.22. The zero-order valence-electron chi connectivity index (χ0n) is 10.5. The summed E-state index contributed by atoms with van der Waals surface area (Å²) >= 11 is 1.50. The SMILES string of the molecule is O=S(=O)(NCc1cccs1)c1ccc(C#CCO)cc1. The number of thiophene rings is 1. The van der Waals surface area contributed by atoms with E-state index in [2.05, 4.69) is 16.6 Å². The van der Waals surface area contributed by atoms with Crippen LogP contribution in [0.5, 0.6) is 0 Å². The Morgan fingerprint density at radius 2 is 1.95 bits per heavy atom. The van der Waals surface area contributed by atoms with Gasteiger partial charge in [0.1, 0.15) is 6.61 Å².